The second kappa shape index (κ2) is 8.64. The first-order valence-corrected chi connectivity index (χ1v) is 7.54. The van der Waals surface area contributed by atoms with Crippen molar-refractivity contribution in [2.45, 2.75) is 25.1 Å². The molecule has 1 atom stereocenters. The SMILES string of the molecule is COC(=O)CC(C)SCC(=O)N(C)Cc1ccccc1. The summed E-state index contributed by atoms with van der Waals surface area (Å²) in [6.45, 7) is 2.53. The standard InChI is InChI=1S/C15H21NO3S/c1-12(9-15(18)19-3)20-11-14(17)16(2)10-13-7-5-4-6-8-13/h4-8,12H,9-11H2,1-3H3. The predicted octanol–water partition coefficient (Wildman–Crippen LogP) is 2.33. The van der Waals surface area contributed by atoms with E-state index in [1.54, 1.807) is 11.9 Å². The lowest BCUT2D eigenvalue weighted by atomic mass is 10.2. The molecular formula is C15H21NO3S. The topological polar surface area (TPSA) is 46.6 Å². The molecule has 0 bridgehead atoms. The number of hydrogen-bond acceptors (Lipinski definition) is 4. The van der Waals surface area contributed by atoms with Gasteiger partial charge in [-0.2, -0.15) is 0 Å². The third-order valence-electron chi connectivity index (χ3n) is 2.86. The summed E-state index contributed by atoms with van der Waals surface area (Å²) in [6.07, 6.45) is 0.330. The molecular weight excluding hydrogens is 274 g/mol. The number of amides is 1. The van der Waals surface area contributed by atoms with Crippen LogP contribution in [0.4, 0.5) is 0 Å². The fraction of sp³-hybridized carbons (Fsp3) is 0.467. The van der Waals surface area contributed by atoms with Crippen molar-refractivity contribution < 1.29 is 14.3 Å². The Labute approximate surface area is 124 Å². The fourth-order valence-electron chi connectivity index (χ4n) is 1.65. The first-order valence-electron chi connectivity index (χ1n) is 6.49. The average Bonchev–Trinajstić information content (AvgIpc) is 2.45. The molecule has 0 N–H and O–H groups in total. The van der Waals surface area contributed by atoms with Crippen LogP contribution in [0.2, 0.25) is 0 Å². The minimum absolute atomic E-state index is 0.0653. The minimum atomic E-state index is -0.241. The van der Waals surface area contributed by atoms with Gasteiger partial charge >= 0.3 is 5.97 Å². The van der Waals surface area contributed by atoms with Gasteiger partial charge in [0.1, 0.15) is 0 Å². The van der Waals surface area contributed by atoms with Gasteiger partial charge in [-0.15, -0.1) is 11.8 Å². The van der Waals surface area contributed by atoms with Gasteiger partial charge in [-0.05, 0) is 5.56 Å². The molecule has 0 heterocycles. The molecule has 1 rings (SSSR count). The zero-order valence-electron chi connectivity index (χ0n) is 12.2. The quantitative estimate of drug-likeness (QED) is 0.724. The highest BCUT2D eigenvalue weighted by Gasteiger charge is 2.14. The molecule has 110 valence electrons. The molecule has 0 radical (unpaired) electrons. The van der Waals surface area contributed by atoms with Crippen molar-refractivity contribution in [2.24, 2.45) is 0 Å². The number of ether oxygens (including phenoxy) is 1. The summed E-state index contributed by atoms with van der Waals surface area (Å²) >= 11 is 1.48. The van der Waals surface area contributed by atoms with E-state index in [1.807, 2.05) is 37.3 Å². The Bertz CT molecular complexity index is 436. The molecule has 0 spiro atoms. The summed E-state index contributed by atoms with van der Waals surface area (Å²) in [5.74, 6) is 0.201. The lowest BCUT2D eigenvalue weighted by Crippen LogP contribution is -2.28. The van der Waals surface area contributed by atoms with Crippen LogP contribution in [-0.4, -0.2) is 41.9 Å². The van der Waals surface area contributed by atoms with E-state index in [-0.39, 0.29) is 17.1 Å². The predicted molar refractivity (Wildman–Crippen MR) is 81.5 cm³/mol. The van der Waals surface area contributed by atoms with E-state index < -0.39 is 0 Å². The summed E-state index contributed by atoms with van der Waals surface area (Å²) in [7, 11) is 3.17. The first kappa shape index (κ1) is 16.6. The summed E-state index contributed by atoms with van der Waals surface area (Å²) in [5, 5.41) is 0.0801. The number of carbonyl (C=O) groups excluding carboxylic acids is 2. The number of nitrogens with zero attached hydrogens (tertiary/aromatic N) is 1. The second-order valence-corrected chi connectivity index (χ2v) is 6.06. The van der Waals surface area contributed by atoms with Crippen molar-refractivity contribution in [3.63, 3.8) is 0 Å². The van der Waals surface area contributed by atoms with E-state index in [1.165, 1.54) is 18.9 Å². The lowest BCUT2D eigenvalue weighted by molar-refractivity contribution is -0.140. The summed E-state index contributed by atoms with van der Waals surface area (Å²) in [5.41, 5.74) is 1.11. The maximum atomic E-state index is 12.0. The molecule has 0 saturated carbocycles. The van der Waals surface area contributed by atoms with Crippen molar-refractivity contribution in [2.75, 3.05) is 19.9 Å². The van der Waals surface area contributed by atoms with Gasteiger partial charge in [0, 0.05) is 18.8 Å². The third-order valence-corrected chi connectivity index (χ3v) is 4.01. The van der Waals surface area contributed by atoms with Crippen LogP contribution < -0.4 is 0 Å². The Balaban J connectivity index is 2.33. The van der Waals surface area contributed by atoms with Crippen LogP contribution in [0.1, 0.15) is 18.9 Å². The van der Waals surface area contributed by atoms with Crippen molar-refractivity contribution >= 4 is 23.6 Å². The number of esters is 1. The molecule has 0 aromatic heterocycles. The normalized spacial score (nSPS) is 11.8. The Morgan fingerprint density at radius 3 is 2.55 bits per heavy atom. The van der Waals surface area contributed by atoms with Crippen LogP contribution in [0.15, 0.2) is 30.3 Å². The maximum absolute atomic E-state index is 12.0. The highest BCUT2D eigenvalue weighted by Crippen LogP contribution is 2.15. The zero-order chi connectivity index (χ0) is 15.0. The highest BCUT2D eigenvalue weighted by atomic mass is 32.2. The van der Waals surface area contributed by atoms with Crippen molar-refractivity contribution in [1.29, 1.82) is 0 Å². The van der Waals surface area contributed by atoms with Gasteiger partial charge in [0.25, 0.3) is 0 Å². The van der Waals surface area contributed by atoms with Crippen molar-refractivity contribution in [3.05, 3.63) is 35.9 Å². The maximum Gasteiger partial charge on any atom is 0.306 e. The average molecular weight is 295 g/mol. The highest BCUT2D eigenvalue weighted by molar-refractivity contribution is 8.00. The van der Waals surface area contributed by atoms with E-state index in [9.17, 15) is 9.59 Å². The number of thioether (sulfide) groups is 1. The van der Waals surface area contributed by atoms with E-state index >= 15 is 0 Å². The zero-order valence-corrected chi connectivity index (χ0v) is 13.0. The molecule has 1 amide bonds. The van der Waals surface area contributed by atoms with Crippen LogP contribution in [0.5, 0.6) is 0 Å². The van der Waals surface area contributed by atoms with Crippen LogP contribution in [0.25, 0.3) is 0 Å². The van der Waals surface area contributed by atoms with Crippen LogP contribution in [0.3, 0.4) is 0 Å². The van der Waals surface area contributed by atoms with Crippen LogP contribution in [-0.2, 0) is 20.9 Å². The Morgan fingerprint density at radius 1 is 1.30 bits per heavy atom. The number of hydrogen-bond donors (Lipinski definition) is 0. The summed E-state index contributed by atoms with van der Waals surface area (Å²) in [6, 6.07) is 9.87. The molecule has 0 aliphatic carbocycles. The first-order chi connectivity index (χ1) is 9.52. The number of carbonyl (C=O) groups is 2. The molecule has 20 heavy (non-hydrogen) atoms. The molecule has 1 unspecified atom stereocenters. The van der Waals surface area contributed by atoms with Crippen molar-refractivity contribution in [1.82, 2.24) is 4.90 Å². The number of benzene rings is 1. The van der Waals surface area contributed by atoms with Gasteiger partial charge in [0.05, 0.1) is 19.3 Å². The van der Waals surface area contributed by atoms with Gasteiger partial charge < -0.3 is 9.64 Å². The van der Waals surface area contributed by atoms with E-state index in [4.69, 9.17) is 0 Å². The summed E-state index contributed by atoms with van der Waals surface area (Å²) in [4.78, 5) is 24.8. The molecule has 0 aliphatic heterocycles. The van der Waals surface area contributed by atoms with Gasteiger partial charge in [0.2, 0.25) is 5.91 Å². The lowest BCUT2D eigenvalue weighted by Gasteiger charge is -2.18. The Morgan fingerprint density at radius 2 is 1.95 bits per heavy atom. The summed E-state index contributed by atoms with van der Waals surface area (Å²) < 4.78 is 4.61. The molecule has 0 saturated heterocycles. The fourth-order valence-corrected chi connectivity index (χ4v) is 2.55. The Hall–Kier alpha value is -1.49. The molecule has 0 fully saturated rings. The second-order valence-electron chi connectivity index (χ2n) is 4.64. The minimum Gasteiger partial charge on any atom is -0.469 e. The van der Waals surface area contributed by atoms with Gasteiger partial charge in [-0.1, -0.05) is 37.3 Å². The smallest absolute Gasteiger partial charge is 0.306 e. The molecule has 0 aliphatic rings. The van der Waals surface area contributed by atoms with E-state index in [0.29, 0.717) is 18.7 Å². The largest absolute Gasteiger partial charge is 0.469 e. The Kier molecular flexibility index (Phi) is 7.15. The molecule has 1 aromatic carbocycles. The van der Waals surface area contributed by atoms with Gasteiger partial charge in [-0.25, -0.2) is 0 Å². The van der Waals surface area contributed by atoms with E-state index in [0.717, 1.165) is 5.56 Å². The monoisotopic (exact) mass is 295 g/mol. The van der Waals surface area contributed by atoms with Crippen LogP contribution in [0, 0.1) is 0 Å². The molecule has 1 aromatic rings. The van der Waals surface area contributed by atoms with E-state index in [2.05, 4.69) is 4.74 Å². The van der Waals surface area contributed by atoms with Crippen LogP contribution >= 0.6 is 11.8 Å². The van der Waals surface area contributed by atoms with Crippen molar-refractivity contribution in [3.8, 4) is 0 Å². The third kappa shape index (κ3) is 6.10. The van der Waals surface area contributed by atoms with Gasteiger partial charge in [0.15, 0.2) is 0 Å². The molecule has 5 heteroatoms. The number of rotatable bonds is 7. The number of methoxy groups -OCH3 is 1. The molecule has 4 nitrogen and oxygen atoms in total. The van der Waals surface area contributed by atoms with Gasteiger partial charge in [-0.3, -0.25) is 9.59 Å².